The first-order valence-electron chi connectivity index (χ1n) is 8.79. The van der Waals surface area contributed by atoms with E-state index in [1.165, 1.54) is 0 Å². The molecule has 0 radical (unpaired) electrons. The first kappa shape index (κ1) is 15.8. The van der Waals surface area contributed by atoms with Crippen molar-refractivity contribution in [2.45, 2.75) is 39.2 Å². The number of aromatic nitrogens is 5. The lowest BCUT2D eigenvalue weighted by atomic mass is 10.0. The van der Waals surface area contributed by atoms with Gasteiger partial charge in [0.05, 0.1) is 12.2 Å². The third-order valence-corrected chi connectivity index (χ3v) is 4.88. The first-order chi connectivity index (χ1) is 12.2. The lowest BCUT2D eigenvalue weighted by Gasteiger charge is -2.34. The van der Waals surface area contributed by atoms with Gasteiger partial charge in [0.1, 0.15) is 11.4 Å². The average Bonchev–Trinajstić information content (AvgIpc) is 3.27. The molecule has 1 aliphatic heterocycles. The van der Waals surface area contributed by atoms with Crippen molar-refractivity contribution in [3.8, 4) is 0 Å². The molecule has 1 unspecified atom stereocenters. The molecule has 0 spiro atoms. The summed E-state index contributed by atoms with van der Waals surface area (Å²) in [7, 11) is 0. The van der Waals surface area contributed by atoms with E-state index in [2.05, 4.69) is 26.6 Å². The Morgan fingerprint density at radius 1 is 1.36 bits per heavy atom. The van der Waals surface area contributed by atoms with Crippen LogP contribution in [-0.2, 0) is 6.42 Å². The molecule has 0 N–H and O–H groups in total. The van der Waals surface area contributed by atoms with Crippen LogP contribution in [0.1, 0.15) is 47.7 Å². The summed E-state index contributed by atoms with van der Waals surface area (Å²) in [6.45, 7) is 5.50. The lowest BCUT2D eigenvalue weighted by Crippen LogP contribution is -2.41. The van der Waals surface area contributed by atoms with Gasteiger partial charge in [-0.2, -0.15) is 5.10 Å². The van der Waals surface area contributed by atoms with E-state index in [0.29, 0.717) is 17.8 Å². The molecule has 0 bridgehead atoms. The number of hydrogen-bond acceptors (Lipinski definition) is 4. The number of piperidine rings is 1. The van der Waals surface area contributed by atoms with Crippen molar-refractivity contribution in [1.82, 2.24) is 29.0 Å². The van der Waals surface area contributed by atoms with Gasteiger partial charge in [-0.25, -0.2) is 14.5 Å². The first-order valence-corrected chi connectivity index (χ1v) is 8.79. The molecule has 1 atom stereocenters. The Morgan fingerprint density at radius 2 is 2.24 bits per heavy atom. The van der Waals surface area contributed by atoms with Crippen molar-refractivity contribution in [2.24, 2.45) is 0 Å². The Bertz CT molecular complexity index is 911. The molecule has 1 saturated heterocycles. The van der Waals surface area contributed by atoms with Crippen LogP contribution in [0, 0.1) is 6.92 Å². The van der Waals surface area contributed by atoms with E-state index in [-0.39, 0.29) is 11.9 Å². The van der Waals surface area contributed by atoms with Gasteiger partial charge < -0.3 is 9.47 Å². The Balaban J connectivity index is 1.60. The van der Waals surface area contributed by atoms with Gasteiger partial charge in [0, 0.05) is 43.8 Å². The van der Waals surface area contributed by atoms with Crippen LogP contribution in [0.2, 0.25) is 0 Å². The van der Waals surface area contributed by atoms with Crippen LogP contribution in [0.3, 0.4) is 0 Å². The SMILES string of the molecule is CCc1nccn1C1CCCN(C(=O)c2cnn3ccc(C)nc23)C1. The number of amides is 1. The van der Waals surface area contributed by atoms with Crippen LogP contribution in [0.25, 0.3) is 5.65 Å². The number of hydrogen-bond donors (Lipinski definition) is 0. The maximum absolute atomic E-state index is 13.1. The van der Waals surface area contributed by atoms with E-state index in [9.17, 15) is 4.79 Å². The molecule has 25 heavy (non-hydrogen) atoms. The molecule has 7 heteroatoms. The van der Waals surface area contributed by atoms with Crippen LogP contribution in [0.15, 0.2) is 30.9 Å². The Labute approximate surface area is 146 Å². The van der Waals surface area contributed by atoms with Crippen molar-refractivity contribution < 1.29 is 4.79 Å². The number of likely N-dealkylation sites (tertiary alicyclic amines) is 1. The molecule has 1 aliphatic rings. The lowest BCUT2D eigenvalue weighted by molar-refractivity contribution is 0.0679. The van der Waals surface area contributed by atoms with Crippen molar-refractivity contribution in [3.63, 3.8) is 0 Å². The third kappa shape index (κ3) is 2.79. The molecule has 7 nitrogen and oxygen atoms in total. The zero-order valence-electron chi connectivity index (χ0n) is 14.6. The van der Waals surface area contributed by atoms with Crippen LogP contribution in [0.5, 0.6) is 0 Å². The summed E-state index contributed by atoms with van der Waals surface area (Å²) >= 11 is 0. The van der Waals surface area contributed by atoms with E-state index < -0.39 is 0 Å². The largest absolute Gasteiger partial charge is 0.336 e. The zero-order valence-corrected chi connectivity index (χ0v) is 14.6. The van der Waals surface area contributed by atoms with Gasteiger partial charge in [-0.1, -0.05) is 6.92 Å². The van der Waals surface area contributed by atoms with E-state index in [4.69, 9.17) is 0 Å². The number of carbonyl (C=O) groups excluding carboxylic acids is 1. The molecule has 4 heterocycles. The summed E-state index contributed by atoms with van der Waals surface area (Å²) in [5.74, 6) is 1.09. The van der Waals surface area contributed by atoms with Crippen molar-refractivity contribution >= 4 is 11.6 Å². The minimum atomic E-state index is 0.0102. The van der Waals surface area contributed by atoms with E-state index in [1.54, 1.807) is 10.7 Å². The van der Waals surface area contributed by atoms with Gasteiger partial charge in [-0.05, 0) is 25.8 Å². The highest BCUT2D eigenvalue weighted by Gasteiger charge is 2.28. The Hall–Kier alpha value is -2.70. The molecular formula is C18H22N6O. The molecule has 130 valence electrons. The fourth-order valence-corrected chi connectivity index (χ4v) is 3.60. The van der Waals surface area contributed by atoms with Crippen molar-refractivity contribution in [2.75, 3.05) is 13.1 Å². The topological polar surface area (TPSA) is 68.3 Å². The number of fused-ring (bicyclic) bond motifs is 1. The average molecular weight is 338 g/mol. The van der Waals surface area contributed by atoms with Crippen LogP contribution in [0.4, 0.5) is 0 Å². The summed E-state index contributed by atoms with van der Waals surface area (Å²) in [6, 6.07) is 2.17. The molecular weight excluding hydrogens is 316 g/mol. The number of nitrogens with zero attached hydrogens (tertiary/aromatic N) is 6. The van der Waals surface area contributed by atoms with Gasteiger partial charge in [0.2, 0.25) is 0 Å². The summed E-state index contributed by atoms with van der Waals surface area (Å²) in [5.41, 5.74) is 2.08. The molecule has 1 amide bonds. The summed E-state index contributed by atoms with van der Waals surface area (Å²) < 4.78 is 3.88. The second kappa shape index (κ2) is 6.31. The van der Waals surface area contributed by atoms with E-state index in [0.717, 1.165) is 37.3 Å². The van der Waals surface area contributed by atoms with Crippen LogP contribution >= 0.6 is 0 Å². The summed E-state index contributed by atoms with van der Waals surface area (Å²) in [5, 5.41) is 4.26. The maximum Gasteiger partial charge on any atom is 0.259 e. The molecule has 3 aromatic rings. The monoisotopic (exact) mass is 338 g/mol. The smallest absolute Gasteiger partial charge is 0.259 e. The molecule has 0 aromatic carbocycles. The fraction of sp³-hybridized carbons (Fsp3) is 0.444. The number of rotatable bonds is 3. The predicted molar refractivity (Wildman–Crippen MR) is 93.5 cm³/mol. The van der Waals surface area contributed by atoms with Gasteiger partial charge in [0.15, 0.2) is 5.65 Å². The highest BCUT2D eigenvalue weighted by Crippen LogP contribution is 2.25. The van der Waals surface area contributed by atoms with Crippen LogP contribution < -0.4 is 0 Å². The number of imidazole rings is 1. The quantitative estimate of drug-likeness (QED) is 0.735. The Kier molecular flexibility index (Phi) is 3.99. The standard InChI is InChI=1S/C18H22N6O/c1-3-16-19-7-10-23(16)14-5-4-8-22(12-14)18(25)15-11-20-24-9-6-13(2)21-17(15)24/h6-7,9-11,14H,3-5,8,12H2,1-2H3. The molecule has 4 rings (SSSR count). The van der Waals surface area contributed by atoms with Gasteiger partial charge >= 0.3 is 0 Å². The highest BCUT2D eigenvalue weighted by atomic mass is 16.2. The third-order valence-electron chi connectivity index (χ3n) is 4.88. The van der Waals surface area contributed by atoms with Gasteiger partial charge in [-0.15, -0.1) is 0 Å². The highest BCUT2D eigenvalue weighted by molar-refractivity contribution is 5.99. The van der Waals surface area contributed by atoms with Crippen molar-refractivity contribution in [1.29, 1.82) is 0 Å². The maximum atomic E-state index is 13.1. The fourth-order valence-electron chi connectivity index (χ4n) is 3.60. The van der Waals surface area contributed by atoms with Crippen LogP contribution in [-0.4, -0.2) is 48.0 Å². The second-order valence-electron chi connectivity index (χ2n) is 6.55. The van der Waals surface area contributed by atoms with Gasteiger partial charge in [0.25, 0.3) is 5.91 Å². The number of carbonyl (C=O) groups is 1. The second-order valence-corrected chi connectivity index (χ2v) is 6.55. The van der Waals surface area contributed by atoms with E-state index >= 15 is 0 Å². The van der Waals surface area contributed by atoms with E-state index in [1.807, 2.05) is 36.5 Å². The normalized spacial score (nSPS) is 18.0. The summed E-state index contributed by atoms with van der Waals surface area (Å²) in [4.78, 5) is 23.9. The molecule has 0 saturated carbocycles. The minimum absolute atomic E-state index is 0.0102. The predicted octanol–water partition coefficient (Wildman–Crippen LogP) is 2.27. The number of aryl methyl sites for hydroxylation is 2. The molecule has 3 aromatic heterocycles. The molecule has 1 fully saturated rings. The Morgan fingerprint density at radius 3 is 3.08 bits per heavy atom. The zero-order chi connectivity index (χ0) is 17.4. The van der Waals surface area contributed by atoms with Gasteiger partial charge in [-0.3, -0.25) is 4.79 Å². The minimum Gasteiger partial charge on any atom is -0.336 e. The summed E-state index contributed by atoms with van der Waals surface area (Å²) in [6.07, 6.45) is 10.3. The van der Waals surface area contributed by atoms with Crippen molar-refractivity contribution in [3.05, 3.63) is 47.9 Å². The molecule has 0 aliphatic carbocycles.